The molecule has 0 fully saturated rings. The second-order valence-electron chi connectivity index (χ2n) is 5.85. The molecule has 29 heavy (non-hydrogen) atoms. The fourth-order valence-electron chi connectivity index (χ4n) is 2.43. The van der Waals surface area contributed by atoms with Gasteiger partial charge in [0.15, 0.2) is 0 Å². The van der Waals surface area contributed by atoms with Crippen LogP contribution in [-0.2, 0) is 4.74 Å². The molecule has 0 spiro atoms. The molecule has 2 rings (SSSR count). The predicted octanol–water partition coefficient (Wildman–Crippen LogP) is 2.52. The Morgan fingerprint density at radius 1 is 1.03 bits per heavy atom. The minimum atomic E-state index is -0.869. The normalized spacial score (nSPS) is 10.2. The van der Waals surface area contributed by atoms with Crippen molar-refractivity contribution in [2.75, 3.05) is 25.6 Å². The van der Waals surface area contributed by atoms with Gasteiger partial charge in [-0.15, -0.1) is 0 Å². The lowest BCUT2D eigenvalue weighted by atomic mass is 10.1. The van der Waals surface area contributed by atoms with Crippen LogP contribution in [0.2, 0.25) is 0 Å². The third-order valence-electron chi connectivity index (χ3n) is 3.83. The number of ether oxygens (including phenoxy) is 1. The molecule has 11 nitrogen and oxygen atoms in total. The molecule has 0 unspecified atom stereocenters. The van der Waals surface area contributed by atoms with E-state index in [2.05, 4.69) is 10.6 Å². The number of nitro groups is 2. The molecule has 0 heterocycles. The first-order valence-corrected chi connectivity index (χ1v) is 8.45. The van der Waals surface area contributed by atoms with Crippen molar-refractivity contribution in [2.24, 2.45) is 0 Å². The number of benzene rings is 2. The summed E-state index contributed by atoms with van der Waals surface area (Å²) in [5.74, 6) is -1.18. The molecule has 2 aromatic carbocycles. The van der Waals surface area contributed by atoms with Crippen molar-refractivity contribution >= 4 is 28.9 Å². The molecule has 0 saturated heterocycles. The van der Waals surface area contributed by atoms with E-state index in [1.54, 1.807) is 19.2 Å². The number of hydrogen-bond donors (Lipinski definition) is 2. The van der Waals surface area contributed by atoms with Crippen LogP contribution in [0.25, 0.3) is 0 Å². The summed E-state index contributed by atoms with van der Waals surface area (Å²) >= 11 is 0. The van der Waals surface area contributed by atoms with E-state index in [0.29, 0.717) is 25.1 Å². The van der Waals surface area contributed by atoms with E-state index in [4.69, 9.17) is 4.74 Å². The predicted molar refractivity (Wildman–Crippen MR) is 103 cm³/mol. The highest BCUT2D eigenvalue weighted by Crippen LogP contribution is 2.25. The number of hydrogen-bond acceptors (Lipinski definition) is 7. The Labute approximate surface area is 165 Å². The first-order valence-electron chi connectivity index (χ1n) is 8.45. The Hall–Kier alpha value is -3.86. The summed E-state index contributed by atoms with van der Waals surface area (Å²) < 4.78 is 4.90. The highest BCUT2D eigenvalue weighted by Gasteiger charge is 2.24. The highest BCUT2D eigenvalue weighted by molar-refractivity contribution is 6.07. The molecule has 0 bridgehead atoms. The smallest absolute Gasteiger partial charge is 0.289 e. The van der Waals surface area contributed by atoms with Gasteiger partial charge in [-0.05, 0) is 30.7 Å². The van der Waals surface area contributed by atoms with Crippen LogP contribution in [0.3, 0.4) is 0 Å². The van der Waals surface area contributed by atoms with Gasteiger partial charge in [-0.25, -0.2) is 0 Å². The molecule has 2 aromatic rings. The maximum Gasteiger partial charge on any atom is 0.289 e. The lowest BCUT2D eigenvalue weighted by molar-refractivity contribution is -0.394. The van der Waals surface area contributed by atoms with E-state index < -0.39 is 27.1 Å². The van der Waals surface area contributed by atoms with Crippen molar-refractivity contribution in [3.05, 3.63) is 73.8 Å². The van der Waals surface area contributed by atoms with E-state index in [1.807, 2.05) is 0 Å². The van der Waals surface area contributed by atoms with Gasteiger partial charge < -0.3 is 15.4 Å². The van der Waals surface area contributed by atoms with Crippen molar-refractivity contribution in [1.82, 2.24) is 5.32 Å². The summed E-state index contributed by atoms with van der Waals surface area (Å²) in [6, 6.07) is 8.76. The maximum atomic E-state index is 12.4. The number of carbonyl (C=O) groups excluding carboxylic acids is 2. The molecule has 11 heteroatoms. The minimum absolute atomic E-state index is 0.243. The van der Waals surface area contributed by atoms with Crippen molar-refractivity contribution in [1.29, 1.82) is 0 Å². The standard InChI is InChI=1S/C18H18N4O7/c1-29-9-3-8-19-17(23)12-4-2-5-13(10-12)20-18(24)15-7-6-14(21(25)26)11-16(15)22(27)28/h2,4-7,10-11H,3,8-9H2,1H3,(H,19,23)(H,20,24). The van der Waals surface area contributed by atoms with Gasteiger partial charge in [-0.1, -0.05) is 6.07 Å². The fourth-order valence-corrected chi connectivity index (χ4v) is 2.43. The molecule has 0 saturated carbocycles. The zero-order valence-corrected chi connectivity index (χ0v) is 15.4. The number of non-ortho nitro benzene ring substituents is 1. The average Bonchev–Trinajstić information content (AvgIpc) is 2.70. The van der Waals surface area contributed by atoms with Gasteiger partial charge in [0.1, 0.15) is 5.56 Å². The molecular weight excluding hydrogens is 384 g/mol. The SMILES string of the molecule is COCCCNC(=O)c1cccc(NC(=O)c2ccc([N+](=O)[O-])cc2[N+](=O)[O-])c1. The number of anilines is 1. The number of amides is 2. The van der Waals surface area contributed by atoms with Gasteiger partial charge in [0.2, 0.25) is 0 Å². The van der Waals surface area contributed by atoms with Gasteiger partial charge in [0.25, 0.3) is 23.2 Å². The van der Waals surface area contributed by atoms with Crippen molar-refractivity contribution in [3.63, 3.8) is 0 Å². The van der Waals surface area contributed by atoms with Crippen molar-refractivity contribution < 1.29 is 24.2 Å². The fraction of sp³-hybridized carbons (Fsp3) is 0.222. The summed E-state index contributed by atoms with van der Waals surface area (Å²) in [5, 5.41) is 27.1. The number of rotatable bonds is 9. The Morgan fingerprint density at radius 3 is 2.45 bits per heavy atom. The van der Waals surface area contributed by atoms with E-state index in [9.17, 15) is 29.8 Å². The summed E-state index contributed by atoms with van der Waals surface area (Å²) in [7, 11) is 1.56. The molecule has 0 aliphatic rings. The minimum Gasteiger partial charge on any atom is -0.385 e. The summed E-state index contributed by atoms with van der Waals surface area (Å²) in [5.41, 5.74) is -0.996. The molecule has 0 atom stereocenters. The Morgan fingerprint density at radius 2 is 1.79 bits per heavy atom. The average molecular weight is 402 g/mol. The first kappa shape index (κ1) is 21.4. The first-order chi connectivity index (χ1) is 13.8. The third-order valence-corrected chi connectivity index (χ3v) is 3.83. The molecule has 152 valence electrons. The van der Waals surface area contributed by atoms with Crippen LogP contribution in [0.1, 0.15) is 27.1 Å². The molecule has 2 amide bonds. The van der Waals surface area contributed by atoms with E-state index in [1.165, 1.54) is 12.1 Å². The van der Waals surface area contributed by atoms with Crippen LogP contribution < -0.4 is 10.6 Å². The van der Waals surface area contributed by atoms with E-state index >= 15 is 0 Å². The lowest BCUT2D eigenvalue weighted by Crippen LogP contribution is -2.25. The third kappa shape index (κ3) is 5.81. The van der Waals surface area contributed by atoms with Crippen molar-refractivity contribution in [3.8, 4) is 0 Å². The number of nitro benzene ring substituents is 2. The summed E-state index contributed by atoms with van der Waals surface area (Å²) in [6.07, 6.45) is 0.641. The number of nitrogens with one attached hydrogen (secondary N) is 2. The topological polar surface area (TPSA) is 154 Å². The number of nitrogens with zero attached hydrogens (tertiary/aromatic N) is 2. The second-order valence-corrected chi connectivity index (χ2v) is 5.85. The largest absolute Gasteiger partial charge is 0.385 e. The monoisotopic (exact) mass is 402 g/mol. The maximum absolute atomic E-state index is 12.4. The lowest BCUT2D eigenvalue weighted by Gasteiger charge is -2.09. The quantitative estimate of drug-likeness (QED) is 0.371. The zero-order chi connectivity index (χ0) is 21.4. The summed E-state index contributed by atoms with van der Waals surface area (Å²) in [6.45, 7) is 0.919. The molecule has 0 radical (unpaired) electrons. The Balaban J connectivity index is 2.16. The summed E-state index contributed by atoms with van der Waals surface area (Å²) in [4.78, 5) is 44.9. The highest BCUT2D eigenvalue weighted by atomic mass is 16.6. The molecule has 0 aromatic heterocycles. The zero-order valence-electron chi connectivity index (χ0n) is 15.4. The van der Waals surface area contributed by atoms with Gasteiger partial charge in [0.05, 0.1) is 15.9 Å². The van der Waals surface area contributed by atoms with Gasteiger partial charge >= 0.3 is 0 Å². The van der Waals surface area contributed by atoms with Gasteiger partial charge in [0, 0.05) is 37.6 Å². The number of methoxy groups -OCH3 is 1. The van der Waals surface area contributed by atoms with E-state index in [0.717, 1.165) is 18.2 Å². The van der Waals surface area contributed by atoms with Crippen LogP contribution in [-0.4, -0.2) is 41.9 Å². The van der Waals surface area contributed by atoms with E-state index in [-0.39, 0.29) is 17.2 Å². The van der Waals surface area contributed by atoms with Crippen LogP contribution in [0.4, 0.5) is 17.1 Å². The molecule has 0 aliphatic heterocycles. The van der Waals surface area contributed by atoms with Crippen LogP contribution in [0.5, 0.6) is 0 Å². The second kappa shape index (κ2) is 9.90. The van der Waals surface area contributed by atoms with Gasteiger partial charge in [-0.2, -0.15) is 0 Å². The molecule has 2 N–H and O–H groups in total. The van der Waals surface area contributed by atoms with Crippen LogP contribution in [0.15, 0.2) is 42.5 Å². The van der Waals surface area contributed by atoms with Crippen LogP contribution >= 0.6 is 0 Å². The number of carbonyl (C=O) groups is 2. The van der Waals surface area contributed by atoms with Crippen molar-refractivity contribution in [2.45, 2.75) is 6.42 Å². The Bertz CT molecular complexity index is 946. The Kier molecular flexibility index (Phi) is 7.32. The molecule has 0 aliphatic carbocycles. The van der Waals surface area contributed by atoms with Gasteiger partial charge in [-0.3, -0.25) is 29.8 Å². The van der Waals surface area contributed by atoms with Crippen LogP contribution in [0, 0.1) is 20.2 Å². The molecular formula is C18H18N4O7.